The van der Waals surface area contributed by atoms with Crippen molar-refractivity contribution < 1.29 is 9.15 Å². The van der Waals surface area contributed by atoms with Gasteiger partial charge in [-0.3, -0.25) is 0 Å². The van der Waals surface area contributed by atoms with Crippen LogP contribution in [0.25, 0.3) is 22.7 Å². The molecule has 6 heteroatoms. The van der Waals surface area contributed by atoms with Gasteiger partial charge in [-0.15, -0.1) is 0 Å². The van der Waals surface area contributed by atoms with Crippen molar-refractivity contribution in [2.75, 3.05) is 12.4 Å². The van der Waals surface area contributed by atoms with E-state index < -0.39 is 0 Å². The number of anilines is 1. The highest BCUT2D eigenvalue weighted by Gasteiger charge is 2.13. The first-order chi connectivity index (χ1) is 12.7. The molecule has 2 aromatic heterocycles. The number of ether oxygens (including phenoxy) is 1. The van der Waals surface area contributed by atoms with Gasteiger partial charge in [-0.25, -0.2) is 9.97 Å². The second kappa shape index (κ2) is 6.84. The quantitative estimate of drug-likeness (QED) is 0.583. The van der Waals surface area contributed by atoms with E-state index >= 15 is 0 Å². The number of aromatic nitrogens is 3. The van der Waals surface area contributed by atoms with E-state index in [0.29, 0.717) is 29.6 Å². The van der Waals surface area contributed by atoms with Crippen LogP contribution in [0.2, 0.25) is 0 Å². The Bertz CT molecular complexity index is 1040. The third kappa shape index (κ3) is 3.21. The minimum absolute atomic E-state index is 0.476. The highest BCUT2D eigenvalue weighted by molar-refractivity contribution is 5.75. The van der Waals surface area contributed by atoms with Gasteiger partial charge in [-0.2, -0.15) is 4.98 Å². The molecule has 0 bridgehead atoms. The predicted octanol–water partition coefficient (Wildman–Crippen LogP) is 4.21. The van der Waals surface area contributed by atoms with Crippen molar-refractivity contribution >= 4 is 17.2 Å². The number of fused-ring (bicyclic) bond motifs is 1. The molecule has 0 saturated heterocycles. The fourth-order valence-corrected chi connectivity index (χ4v) is 2.70. The van der Waals surface area contributed by atoms with Crippen molar-refractivity contribution in [2.24, 2.45) is 0 Å². The Morgan fingerprint density at radius 3 is 2.65 bits per heavy atom. The standard InChI is InChI=1S/C20H18N4O2/c1-13-17-19(26-18(23-17)15-8-4-3-5-9-15)24-20(22-13)21-12-14-7-6-10-16(11-14)25-2/h3-11H,12H2,1-2H3,(H,21,22,24). The van der Waals surface area contributed by atoms with Crippen LogP contribution in [0.4, 0.5) is 5.95 Å². The average molecular weight is 346 g/mol. The number of benzene rings is 2. The average Bonchev–Trinajstić information content (AvgIpc) is 3.12. The smallest absolute Gasteiger partial charge is 0.252 e. The van der Waals surface area contributed by atoms with E-state index in [1.807, 2.05) is 61.5 Å². The number of hydrogen-bond acceptors (Lipinski definition) is 6. The molecule has 0 aliphatic heterocycles. The molecule has 2 aromatic carbocycles. The van der Waals surface area contributed by atoms with Gasteiger partial charge in [-0.1, -0.05) is 30.3 Å². The molecule has 4 aromatic rings. The number of methoxy groups -OCH3 is 1. The number of nitrogens with one attached hydrogen (secondary N) is 1. The third-order valence-electron chi connectivity index (χ3n) is 4.04. The number of nitrogens with zero attached hydrogens (tertiary/aromatic N) is 3. The second-order valence-electron chi connectivity index (χ2n) is 5.88. The van der Waals surface area contributed by atoms with Crippen LogP contribution in [0.1, 0.15) is 11.3 Å². The van der Waals surface area contributed by atoms with Crippen molar-refractivity contribution in [1.29, 1.82) is 0 Å². The lowest BCUT2D eigenvalue weighted by molar-refractivity contribution is 0.414. The van der Waals surface area contributed by atoms with Crippen LogP contribution >= 0.6 is 0 Å². The molecule has 0 spiro atoms. The van der Waals surface area contributed by atoms with E-state index in [-0.39, 0.29) is 0 Å². The summed E-state index contributed by atoms with van der Waals surface area (Å²) in [5.41, 5.74) is 3.92. The number of oxazole rings is 1. The number of aryl methyl sites for hydroxylation is 1. The molecule has 6 nitrogen and oxygen atoms in total. The SMILES string of the molecule is COc1cccc(CNc2nc(C)c3nc(-c4ccccc4)oc3n2)c1. The molecule has 1 N–H and O–H groups in total. The molecule has 0 fully saturated rings. The zero-order chi connectivity index (χ0) is 17.9. The maximum atomic E-state index is 5.84. The fourth-order valence-electron chi connectivity index (χ4n) is 2.70. The molecule has 0 aliphatic rings. The highest BCUT2D eigenvalue weighted by Crippen LogP contribution is 2.25. The number of hydrogen-bond donors (Lipinski definition) is 1. The number of rotatable bonds is 5. The second-order valence-corrected chi connectivity index (χ2v) is 5.88. The van der Waals surface area contributed by atoms with Gasteiger partial charge in [-0.05, 0) is 36.8 Å². The van der Waals surface area contributed by atoms with Crippen molar-refractivity contribution in [3.8, 4) is 17.2 Å². The summed E-state index contributed by atoms with van der Waals surface area (Å²) in [5.74, 6) is 1.87. The van der Waals surface area contributed by atoms with Gasteiger partial charge in [0.05, 0.1) is 12.8 Å². The summed E-state index contributed by atoms with van der Waals surface area (Å²) < 4.78 is 11.1. The topological polar surface area (TPSA) is 73.1 Å². The molecular weight excluding hydrogens is 328 g/mol. The van der Waals surface area contributed by atoms with Crippen molar-refractivity contribution in [3.05, 3.63) is 65.9 Å². The highest BCUT2D eigenvalue weighted by atomic mass is 16.5. The van der Waals surface area contributed by atoms with Gasteiger partial charge in [0, 0.05) is 12.1 Å². The lowest BCUT2D eigenvalue weighted by Crippen LogP contribution is -2.04. The fraction of sp³-hybridized carbons (Fsp3) is 0.150. The Balaban J connectivity index is 1.60. The largest absolute Gasteiger partial charge is 0.497 e. The van der Waals surface area contributed by atoms with Crippen LogP contribution < -0.4 is 10.1 Å². The Morgan fingerprint density at radius 1 is 1.00 bits per heavy atom. The molecule has 0 saturated carbocycles. The summed E-state index contributed by atoms with van der Waals surface area (Å²) in [4.78, 5) is 13.5. The van der Waals surface area contributed by atoms with Gasteiger partial charge in [0.25, 0.3) is 5.71 Å². The predicted molar refractivity (Wildman–Crippen MR) is 100 cm³/mol. The Labute approximate surface area is 150 Å². The van der Waals surface area contributed by atoms with E-state index in [2.05, 4.69) is 20.3 Å². The zero-order valence-electron chi connectivity index (χ0n) is 14.6. The summed E-state index contributed by atoms with van der Waals surface area (Å²) in [7, 11) is 1.65. The van der Waals surface area contributed by atoms with E-state index in [9.17, 15) is 0 Å². The van der Waals surface area contributed by atoms with Gasteiger partial charge in [0.15, 0.2) is 5.52 Å². The van der Waals surface area contributed by atoms with Gasteiger partial charge in [0.2, 0.25) is 11.8 Å². The minimum atomic E-state index is 0.476. The molecule has 0 atom stereocenters. The van der Waals surface area contributed by atoms with Gasteiger partial charge < -0.3 is 14.5 Å². The maximum absolute atomic E-state index is 5.84. The molecule has 0 unspecified atom stereocenters. The summed E-state index contributed by atoms with van der Waals surface area (Å²) >= 11 is 0. The van der Waals surface area contributed by atoms with Crippen molar-refractivity contribution in [2.45, 2.75) is 13.5 Å². The van der Waals surface area contributed by atoms with Crippen LogP contribution in [0.5, 0.6) is 5.75 Å². The first-order valence-electron chi connectivity index (χ1n) is 8.30. The summed E-state index contributed by atoms with van der Waals surface area (Å²) in [6, 6.07) is 17.6. The first kappa shape index (κ1) is 16.1. The van der Waals surface area contributed by atoms with E-state index in [0.717, 1.165) is 22.6 Å². The molecule has 26 heavy (non-hydrogen) atoms. The lowest BCUT2D eigenvalue weighted by atomic mass is 10.2. The summed E-state index contributed by atoms with van der Waals surface area (Å²) in [5, 5.41) is 3.23. The summed E-state index contributed by atoms with van der Waals surface area (Å²) in [6.07, 6.45) is 0. The molecule has 0 aliphatic carbocycles. The van der Waals surface area contributed by atoms with E-state index in [1.54, 1.807) is 7.11 Å². The van der Waals surface area contributed by atoms with Crippen LogP contribution in [-0.4, -0.2) is 22.1 Å². The monoisotopic (exact) mass is 346 g/mol. The Hall–Kier alpha value is -3.41. The van der Waals surface area contributed by atoms with Crippen LogP contribution in [0.3, 0.4) is 0 Å². The van der Waals surface area contributed by atoms with Crippen molar-refractivity contribution in [1.82, 2.24) is 15.0 Å². The first-order valence-corrected chi connectivity index (χ1v) is 8.30. The normalized spacial score (nSPS) is 10.8. The Kier molecular flexibility index (Phi) is 4.23. The molecule has 0 amide bonds. The van der Waals surface area contributed by atoms with Crippen molar-refractivity contribution in [3.63, 3.8) is 0 Å². The van der Waals surface area contributed by atoms with Crippen LogP contribution in [0.15, 0.2) is 59.0 Å². The molecule has 130 valence electrons. The Morgan fingerprint density at radius 2 is 1.85 bits per heavy atom. The minimum Gasteiger partial charge on any atom is -0.497 e. The summed E-state index contributed by atoms with van der Waals surface area (Å²) in [6.45, 7) is 2.49. The van der Waals surface area contributed by atoms with Crippen LogP contribution in [0, 0.1) is 6.92 Å². The maximum Gasteiger partial charge on any atom is 0.252 e. The molecule has 2 heterocycles. The molecule has 4 rings (SSSR count). The van der Waals surface area contributed by atoms with E-state index in [1.165, 1.54) is 0 Å². The lowest BCUT2D eigenvalue weighted by Gasteiger charge is -2.07. The zero-order valence-corrected chi connectivity index (χ0v) is 14.6. The van der Waals surface area contributed by atoms with E-state index in [4.69, 9.17) is 9.15 Å². The van der Waals surface area contributed by atoms with Gasteiger partial charge in [0.1, 0.15) is 5.75 Å². The molecule has 0 radical (unpaired) electrons. The molecular formula is C20H18N4O2. The van der Waals surface area contributed by atoms with Crippen LogP contribution in [-0.2, 0) is 6.54 Å². The third-order valence-corrected chi connectivity index (χ3v) is 4.04. The van der Waals surface area contributed by atoms with Gasteiger partial charge >= 0.3 is 0 Å².